The van der Waals surface area contributed by atoms with E-state index in [4.69, 9.17) is 4.74 Å². The summed E-state index contributed by atoms with van der Waals surface area (Å²) in [4.78, 5) is 0. The molecule has 0 aliphatic heterocycles. The van der Waals surface area contributed by atoms with E-state index in [1.54, 1.807) is 36.4 Å². The molecule has 1 nitrogen and oxygen atoms in total. The predicted octanol–water partition coefficient (Wildman–Crippen LogP) is 9.91. The van der Waals surface area contributed by atoms with Gasteiger partial charge in [-0.25, -0.2) is 13.2 Å². The summed E-state index contributed by atoms with van der Waals surface area (Å²) >= 11 is 0. The molecule has 0 fully saturated rings. The summed E-state index contributed by atoms with van der Waals surface area (Å²) in [5.41, 5.74) is 2.22. The molecule has 0 spiro atoms. The van der Waals surface area contributed by atoms with Crippen LogP contribution in [0.4, 0.5) is 17.6 Å². The van der Waals surface area contributed by atoms with Gasteiger partial charge in [-0.1, -0.05) is 61.9 Å². The molecule has 0 heterocycles. The largest absolute Gasteiger partial charge is 0.490 e. The molecule has 0 aromatic heterocycles. The van der Waals surface area contributed by atoms with Crippen molar-refractivity contribution in [1.29, 1.82) is 0 Å². The Morgan fingerprint density at radius 2 is 1.43 bits per heavy atom. The first-order valence-corrected chi connectivity index (χ1v) is 12.9. The molecule has 0 radical (unpaired) electrons. The topological polar surface area (TPSA) is 9.23 Å². The van der Waals surface area contributed by atoms with Gasteiger partial charge in [0.25, 0.3) is 0 Å². The van der Waals surface area contributed by atoms with Crippen LogP contribution in [-0.2, 0) is 0 Å². The van der Waals surface area contributed by atoms with Crippen LogP contribution in [0.3, 0.4) is 0 Å². The molecule has 5 heteroatoms. The van der Waals surface area contributed by atoms with Crippen LogP contribution < -0.4 is 4.74 Å². The van der Waals surface area contributed by atoms with Crippen molar-refractivity contribution in [2.24, 2.45) is 5.92 Å². The number of ether oxygens (including phenoxy) is 1. The first-order chi connectivity index (χ1) is 17.9. The Kier molecular flexibility index (Phi) is 8.86. The van der Waals surface area contributed by atoms with Crippen molar-refractivity contribution in [2.45, 2.75) is 51.9 Å². The summed E-state index contributed by atoms with van der Waals surface area (Å²) < 4.78 is 64.8. The van der Waals surface area contributed by atoms with Gasteiger partial charge in [0, 0.05) is 16.7 Å². The van der Waals surface area contributed by atoms with Gasteiger partial charge in [-0.05, 0) is 73.3 Å². The van der Waals surface area contributed by atoms with Crippen molar-refractivity contribution in [3.05, 3.63) is 96.1 Å². The number of benzene rings is 3. The lowest BCUT2D eigenvalue weighted by molar-refractivity contribution is 0.289. The molecule has 0 N–H and O–H groups in total. The molecular formula is C32H32F4O. The summed E-state index contributed by atoms with van der Waals surface area (Å²) in [6.45, 7) is 6.06. The number of unbranched alkanes of at least 4 members (excludes halogenated alkanes) is 1. The third kappa shape index (κ3) is 5.98. The van der Waals surface area contributed by atoms with Crippen LogP contribution in [-0.4, -0.2) is 6.61 Å². The van der Waals surface area contributed by atoms with Crippen LogP contribution in [0.5, 0.6) is 5.75 Å². The predicted molar refractivity (Wildman–Crippen MR) is 142 cm³/mol. The number of halogens is 4. The summed E-state index contributed by atoms with van der Waals surface area (Å²) in [6.07, 6.45) is 10.1. The Hall–Kier alpha value is -3.34. The van der Waals surface area contributed by atoms with Crippen LogP contribution in [0.15, 0.2) is 67.3 Å². The van der Waals surface area contributed by atoms with E-state index in [1.807, 2.05) is 19.1 Å². The van der Waals surface area contributed by atoms with Crippen LogP contribution in [0, 0.1) is 29.2 Å². The van der Waals surface area contributed by atoms with Crippen molar-refractivity contribution >= 4 is 5.57 Å². The first kappa shape index (κ1) is 26.7. The molecule has 1 aliphatic carbocycles. The Morgan fingerprint density at radius 1 is 0.838 bits per heavy atom. The summed E-state index contributed by atoms with van der Waals surface area (Å²) in [5.74, 6) is -3.38. The zero-order chi connectivity index (χ0) is 26.4. The van der Waals surface area contributed by atoms with Crippen LogP contribution >= 0.6 is 0 Å². The van der Waals surface area contributed by atoms with Crippen LogP contribution in [0.2, 0.25) is 0 Å². The molecule has 0 saturated heterocycles. The lowest BCUT2D eigenvalue weighted by Gasteiger charge is -2.22. The zero-order valence-corrected chi connectivity index (χ0v) is 21.1. The molecular weight excluding hydrogens is 476 g/mol. The maximum Gasteiger partial charge on any atom is 0.201 e. The van der Waals surface area contributed by atoms with Gasteiger partial charge in [0.15, 0.2) is 23.2 Å². The molecule has 0 saturated carbocycles. The van der Waals surface area contributed by atoms with Crippen molar-refractivity contribution in [3.63, 3.8) is 0 Å². The van der Waals surface area contributed by atoms with Crippen LogP contribution in [0.1, 0.15) is 57.4 Å². The van der Waals surface area contributed by atoms with Gasteiger partial charge < -0.3 is 4.74 Å². The third-order valence-corrected chi connectivity index (χ3v) is 7.04. The first-order valence-electron chi connectivity index (χ1n) is 12.9. The van der Waals surface area contributed by atoms with E-state index >= 15 is 8.78 Å². The lowest BCUT2D eigenvalue weighted by atomic mass is 9.83. The zero-order valence-electron chi connectivity index (χ0n) is 21.1. The van der Waals surface area contributed by atoms with Gasteiger partial charge in [-0.15, -0.1) is 6.58 Å². The third-order valence-electron chi connectivity index (χ3n) is 7.04. The molecule has 1 unspecified atom stereocenters. The highest BCUT2D eigenvalue weighted by Crippen LogP contribution is 2.37. The maximum atomic E-state index is 15.1. The lowest BCUT2D eigenvalue weighted by Crippen LogP contribution is -2.07. The SMILES string of the molecule is C=CCCC1CC=C(c2ccc(-c3ccc(-c4ccc(OCCCC)c(F)c4F)cc3)c(F)c2F)CC1. The van der Waals surface area contributed by atoms with E-state index in [9.17, 15) is 8.78 Å². The van der Waals surface area contributed by atoms with E-state index < -0.39 is 23.3 Å². The number of allylic oxidation sites excluding steroid dienone is 3. The van der Waals surface area contributed by atoms with E-state index in [2.05, 4.69) is 6.58 Å². The fourth-order valence-electron chi connectivity index (χ4n) is 4.79. The van der Waals surface area contributed by atoms with Gasteiger partial charge in [0.1, 0.15) is 0 Å². The van der Waals surface area contributed by atoms with Crippen molar-refractivity contribution in [1.82, 2.24) is 0 Å². The summed E-state index contributed by atoms with van der Waals surface area (Å²) in [5, 5.41) is 0. The molecule has 1 aliphatic rings. The summed E-state index contributed by atoms with van der Waals surface area (Å²) in [6, 6.07) is 12.4. The number of rotatable bonds is 10. The van der Waals surface area contributed by atoms with Crippen molar-refractivity contribution in [3.8, 4) is 28.0 Å². The Balaban J connectivity index is 1.53. The second-order valence-corrected chi connectivity index (χ2v) is 9.54. The molecule has 3 aromatic carbocycles. The number of hydrogen-bond acceptors (Lipinski definition) is 1. The van der Waals surface area contributed by atoms with E-state index in [0.717, 1.165) is 50.5 Å². The Morgan fingerprint density at radius 3 is 2.03 bits per heavy atom. The fourth-order valence-corrected chi connectivity index (χ4v) is 4.79. The van der Waals surface area contributed by atoms with E-state index in [-0.39, 0.29) is 16.9 Å². The minimum atomic E-state index is -1.04. The van der Waals surface area contributed by atoms with Crippen LogP contribution in [0.25, 0.3) is 27.8 Å². The van der Waals surface area contributed by atoms with Gasteiger partial charge in [-0.3, -0.25) is 0 Å². The second-order valence-electron chi connectivity index (χ2n) is 9.54. The minimum absolute atomic E-state index is 0.0736. The number of hydrogen-bond donors (Lipinski definition) is 0. The van der Waals surface area contributed by atoms with Gasteiger partial charge in [0.05, 0.1) is 6.61 Å². The molecule has 37 heavy (non-hydrogen) atoms. The van der Waals surface area contributed by atoms with Gasteiger partial charge in [0.2, 0.25) is 5.82 Å². The standard InChI is InChI=1S/C32H32F4O/c1-3-5-7-21-8-10-22(11-9-21)25-16-17-26(30(34)29(25)33)23-12-14-24(15-13-23)27-18-19-28(32(36)31(27)35)37-20-6-4-2/h3,10,12-19,21H,1,4-9,11,20H2,2H3. The van der Waals surface area contributed by atoms with E-state index in [0.29, 0.717) is 29.2 Å². The van der Waals surface area contributed by atoms with Crippen molar-refractivity contribution < 1.29 is 22.3 Å². The van der Waals surface area contributed by atoms with E-state index in [1.165, 1.54) is 12.1 Å². The van der Waals surface area contributed by atoms with Crippen molar-refractivity contribution in [2.75, 3.05) is 6.61 Å². The molecule has 0 bridgehead atoms. The highest BCUT2D eigenvalue weighted by atomic mass is 19.2. The molecule has 3 aromatic rings. The molecule has 1 atom stereocenters. The highest BCUT2D eigenvalue weighted by molar-refractivity contribution is 5.74. The molecule has 4 rings (SSSR count). The Bertz CT molecular complexity index is 1280. The second kappa shape index (κ2) is 12.3. The highest BCUT2D eigenvalue weighted by Gasteiger charge is 2.21. The molecule has 0 amide bonds. The smallest absolute Gasteiger partial charge is 0.201 e. The average Bonchev–Trinajstić information content (AvgIpc) is 2.92. The average molecular weight is 509 g/mol. The maximum absolute atomic E-state index is 15.1. The Labute approximate surface area is 216 Å². The quantitative estimate of drug-likeness (QED) is 0.150. The summed E-state index contributed by atoms with van der Waals surface area (Å²) in [7, 11) is 0. The van der Waals surface area contributed by atoms with Gasteiger partial charge >= 0.3 is 0 Å². The monoisotopic (exact) mass is 508 g/mol. The van der Waals surface area contributed by atoms with Gasteiger partial charge in [-0.2, -0.15) is 4.39 Å². The normalized spacial score (nSPS) is 15.4. The molecule has 194 valence electrons. The minimum Gasteiger partial charge on any atom is -0.490 e. The fraction of sp³-hybridized carbons (Fsp3) is 0.312.